The van der Waals surface area contributed by atoms with Crippen LogP contribution in [0.1, 0.15) is 10.4 Å². The van der Waals surface area contributed by atoms with E-state index in [-0.39, 0.29) is 18.2 Å². The van der Waals surface area contributed by atoms with Crippen LogP contribution in [0.3, 0.4) is 0 Å². The number of nitrogens with one attached hydrogen (secondary N) is 1. The van der Waals surface area contributed by atoms with Gasteiger partial charge in [0.2, 0.25) is 0 Å². The summed E-state index contributed by atoms with van der Waals surface area (Å²) in [7, 11) is 2.94. The second-order valence-corrected chi connectivity index (χ2v) is 5.94. The minimum Gasteiger partial charge on any atom is -0.497 e. The molecule has 28 heavy (non-hydrogen) atoms. The van der Waals surface area contributed by atoms with Crippen LogP contribution in [0.2, 0.25) is 0 Å². The van der Waals surface area contributed by atoms with Gasteiger partial charge in [-0.2, -0.15) is 0 Å². The number of esters is 1. The SMILES string of the molecule is COc1ccc(C(=O)OCC(=O)NC[C@H]2COc3ccccc3O2)c(OC)c1. The van der Waals surface area contributed by atoms with Crippen LogP contribution < -0.4 is 24.3 Å². The van der Waals surface area contributed by atoms with Crippen molar-refractivity contribution in [1.29, 1.82) is 0 Å². The van der Waals surface area contributed by atoms with Crippen LogP contribution in [-0.4, -0.2) is 52.0 Å². The first-order valence-electron chi connectivity index (χ1n) is 8.65. The van der Waals surface area contributed by atoms with Crippen molar-refractivity contribution in [3.05, 3.63) is 48.0 Å². The summed E-state index contributed by atoms with van der Waals surface area (Å²) in [5.74, 6) is 1.04. The van der Waals surface area contributed by atoms with E-state index in [1.54, 1.807) is 18.2 Å². The number of fused-ring (bicyclic) bond motifs is 1. The van der Waals surface area contributed by atoms with Crippen molar-refractivity contribution in [3.8, 4) is 23.0 Å². The molecule has 1 aliphatic rings. The molecule has 0 bridgehead atoms. The second kappa shape index (κ2) is 8.98. The highest BCUT2D eigenvalue weighted by Crippen LogP contribution is 2.30. The van der Waals surface area contributed by atoms with Crippen LogP contribution in [0.25, 0.3) is 0 Å². The Morgan fingerprint density at radius 3 is 2.64 bits per heavy atom. The maximum absolute atomic E-state index is 12.2. The Morgan fingerprint density at radius 2 is 1.89 bits per heavy atom. The summed E-state index contributed by atoms with van der Waals surface area (Å²) in [6.45, 7) is 0.134. The van der Waals surface area contributed by atoms with Crippen molar-refractivity contribution in [2.75, 3.05) is 34.0 Å². The first kappa shape index (κ1) is 19.3. The summed E-state index contributed by atoms with van der Waals surface area (Å²) in [4.78, 5) is 24.2. The van der Waals surface area contributed by atoms with Crippen molar-refractivity contribution in [2.45, 2.75) is 6.10 Å². The first-order valence-corrected chi connectivity index (χ1v) is 8.65. The van der Waals surface area contributed by atoms with E-state index in [2.05, 4.69) is 5.32 Å². The van der Waals surface area contributed by atoms with E-state index in [1.165, 1.54) is 20.3 Å². The quantitative estimate of drug-likeness (QED) is 0.725. The Balaban J connectivity index is 1.46. The van der Waals surface area contributed by atoms with Gasteiger partial charge in [-0.3, -0.25) is 4.79 Å². The van der Waals surface area contributed by atoms with Gasteiger partial charge in [-0.15, -0.1) is 0 Å². The van der Waals surface area contributed by atoms with E-state index in [0.29, 0.717) is 29.6 Å². The Kier molecular flexibility index (Phi) is 6.21. The number of hydrogen-bond donors (Lipinski definition) is 1. The normalized spacial score (nSPS) is 14.7. The molecule has 0 saturated heterocycles. The maximum atomic E-state index is 12.2. The predicted octanol–water partition coefficient (Wildman–Crippen LogP) is 1.82. The number of carbonyl (C=O) groups excluding carboxylic acids is 2. The Labute approximate surface area is 162 Å². The number of carbonyl (C=O) groups is 2. The van der Waals surface area contributed by atoms with Crippen molar-refractivity contribution in [2.24, 2.45) is 0 Å². The second-order valence-electron chi connectivity index (χ2n) is 5.94. The van der Waals surface area contributed by atoms with Gasteiger partial charge in [0.25, 0.3) is 5.91 Å². The number of methoxy groups -OCH3 is 2. The average molecular weight is 387 g/mol. The zero-order valence-electron chi connectivity index (χ0n) is 15.6. The lowest BCUT2D eigenvalue weighted by molar-refractivity contribution is -0.124. The molecule has 0 fully saturated rings. The van der Waals surface area contributed by atoms with Crippen molar-refractivity contribution >= 4 is 11.9 Å². The molecule has 148 valence electrons. The van der Waals surface area contributed by atoms with Crippen LogP contribution >= 0.6 is 0 Å². The average Bonchev–Trinajstić information content (AvgIpc) is 2.75. The number of hydrogen-bond acceptors (Lipinski definition) is 7. The van der Waals surface area contributed by atoms with Gasteiger partial charge in [-0.25, -0.2) is 4.79 Å². The highest BCUT2D eigenvalue weighted by Gasteiger charge is 2.21. The van der Waals surface area contributed by atoms with Gasteiger partial charge in [0.05, 0.1) is 20.8 Å². The van der Waals surface area contributed by atoms with Crippen LogP contribution in [0, 0.1) is 0 Å². The number of para-hydroxylation sites is 2. The molecule has 0 aliphatic carbocycles. The van der Waals surface area contributed by atoms with Crippen LogP contribution in [0.15, 0.2) is 42.5 Å². The molecule has 8 heteroatoms. The number of ether oxygens (including phenoxy) is 5. The third-order valence-corrected chi connectivity index (χ3v) is 4.06. The fraction of sp³-hybridized carbons (Fsp3) is 0.300. The molecule has 8 nitrogen and oxygen atoms in total. The zero-order valence-corrected chi connectivity index (χ0v) is 15.6. The lowest BCUT2D eigenvalue weighted by Crippen LogP contribution is -2.42. The van der Waals surface area contributed by atoms with E-state index in [0.717, 1.165) is 0 Å². The molecule has 0 saturated carbocycles. The number of benzene rings is 2. The Bertz CT molecular complexity index is 852. The summed E-state index contributed by atoms with van der Waals surface area (Å²) >= 11 is 0. The largest absolute Gasteiger partial charge is 0.497 e. The van der Waals surface area contributed by atoms with Crippen LogP contribution in [-0.2, 0) is 9.53 Å². The van der Waals surface area contributed by atoms with Crippen molar-refractivity contribution in [3.63, 3.8) is 0 Å². The van der Waals surface area contributed by atoms with Crippen molar-refractivity contribution in [1.82, 2.24) is 5.32 Å². The Hall–Kier alpha value is -3.42. The van der Waals surface area contributed by atoms with Gasteiger partial charge in [0.1, 0.15) is 29.8 Å². The van der Waals surface area contributed by atoms with E-state index in [4.69, 9.17) is 23.7 Å². The zero-order chi connectivity index (χ0) is 19.9. The first-order chi connectivity index (χ1) is 13.6. The minimum atomic E-state index is -0.666. The van der Waals surface area contributed by atoms with E-state index in [9.17, 15) is 9.59 Å². The van der Waals surface area contributed by atoms with Gasteiger partial charge in [-0.1, -0.05) is 12.1 Å². The molecule has 1 atom stereocenters. The Morgan fingerprint density at radius 1 is 1.11 bits per heavy atom. The summed E-state index contributed by atoms with van der Waals surface area (Å²) in [6.07, 6.45) is -0.323. The smallest absolute Gasteiger partial charge is 0.342 e. The minimum absolute atomic E-state index is 0.205. The molecule has 2 aromatic rings. The number of rotatable bonds is 7. The molecular weight excluding hydrogens is 366 g/mol. The molecular formula is C20H21NO7. The fourth-order valence-electron chi connectivity index (χ4n) is 2.62. The van der Waals surface area contributed by atoms with Gasteiger partial charge in [-0.05, 0) is 24.3 Å². The molecule has 0 unspecified atom stereocenters. The summed E-state index contributed by atoms with van der Waals surface area (Å²) < 4.78 is 26.6. The summed E-state index contributed by atoms with van der Waals surface area (Å²) in [5.41, 5.74) is 0.205. The van der Waals surface area contributed by atoms with E-state index >= 15 is 0 Å². The molecule has 2 aromatic carbocycles. The van der Waals surface area contributed by atoms with E-state index < -0.39 is 18.5 Å². The lowest BCUT2D eigenvalue weighted by Gasteiger charge is -2.26. The molecule has 0 aromatic heterocycles. The molecule has 1 heterocycles. The predicted molar refractivity (Wildman–Crippen MR) is 99.2 cm³/mol. The van der Waals surface area contributed by atoms with Gasteiger partial charge >= 0.3 is 5.97 Å². The van der Waals surface area contributed by atoms with Crippen LogP contribution in [0.5, 0.6) is 23.0 Å². The molecule has 3 rings (SSSR count). The maximum Gasteiger partial charge on any atom is 0.342 e. The lowest BCUT2D eigenvalue weighted by atomic mass is 10.2. The monoisotopic (exact) mass is 387 g/mol. The van der Waals surface area contributed by atoms with E-state index in [1.807, 2.05) is 18.2 Å². The van der Waals surface area contributed by atoms with Gasteiger partial charge in [0.15, 0.2) is 18.1 Å². The summed E-state index contributed by atoms with van der Waals surface area (Å²) in [5, 5.41) is 2.66. The molecule has 0 spiro atoms. The third kappa shape index (κ3) is 4.64. The fourth-order valence-corrected chi connectivity index (χ4v) is 2.62. The molecule has 1 amide bonds. The topological polar surface area (TPSA) is 92.3 Å². The highest BCUT2D eigenvalue weighted by molar-refractivity contribution is 5.94. The third-order valence-electron chi connectivity index (χ3n) is 4.06. The highest BCUT2D eigenvalue weighted by atomic mass is 16.6. The molecule has 1 N–H and O–H groups in total. The van der Waals surface area contributed by atoms with Crippen LogP contribution in [0.4, 0.5) is 0 Å². The van der Waals surface area contributed by atoms with Gasteiger partial charge < -0.3 is 29.0 Å². The standard InChI is InChI=1S/C20H21NO7/c1-24-13-7-8-15(18(9-13)25-2)20(23)27-12-19(22)21-10-14-11-26-16-5-3-4-6-17(16)28-14/h3-9,14H,10-12H2,1-2H3,(H,21,22)/t14-/m0/s1. The molecule has 0 radical (unpaired) electrons. The number of amides is 1. The summed E-state index contributed by atoms with van der Waals surface area (Å²) in [6, 6.07) is 12.0. The van der Waals surface area contributed by atoms with Gasteiger partial charge in [0, 0.05) is 6.07 Å². The van der Waals surface area contributed by atoms with Crippen molar-refractivity contribution < 1.29 is 33.3 Å². The molecule has 1 aliphatic heterocycles.